The molecule has 5 saturated carbocycles. The Morgan fingerprint density at radius 2 is 1.75 bits per heavy atom. The van der Waals surface area contributed by atoms with E-state index in [-0.39, 0.29) is 22.4 Å². The fourth-order valence-electron chi connectivity index (χ4n) is 6.81. The zero-order valence-electron chi connectivity index (χ0n) is 15.6. The molecule has 0 atom stereocenters. The minimum absolute atomic E-state index is 0.0176. The number of halogens is 2. The van der Waals surface area contributed by atoms with Crippen molar-refractivity contribution in [1.82, 2.24) is 14.5 Å². The quantitative estimate of drug-likeness (QED) is 0.717. The molecule has 4 nitrogen and oxygen atoms in total. The first-order valence-electron chi connectivity index (χ1n) is 10.4. The van der Waals surface area contributed by atoms with E-state index in [1.165, 1.54) is 19.3 Å². The van der Waals surface area contributed by atoms with E-state index in [2.05, 4.69) is 4.98 Å². The van der Waals surface area contributed by atoms with Crippen LogP contribution in [0.3, 0.4) is 0 Å². The maximum absolute atomic E-state index is 14.1. The van der Waals surface area contributed by atoms with Gasteiger partial charge < -0.3 is 0 Å². The van der Waals surface area contributed by atoms with Crippen LogP contribution in [0.2, 0.25) is 0 Å². The molecule has 0 spiro atoms. The van der Waals surface area contributed by atoms with E-state index in [1.54, 1.807) is 6.07 Å². The van der Waals surface area contributed by atoms with Crippen LogP contribution in [0.15, 0.2) is 10.9 Å². The number of nitrogens with zero attached hydrogens (tertiary/aromatic N) is 2. The largest absolute Gasteiger partial charge is 0.299 e. The van der Waals surface area contributed by atoms with Crippen molar-refractivity contribution in [2.24, 2.45) is 17.8 Å². The molecule has 28 heavy (non-hydrogen) atoms. The van der Waals surface area contributed by atoms with Crippen LogP contribution in [0.5, 0.6) is 0 Å². The lowest BCUT2D eigenvalue weighted by Crippen LogP contribution is -2.49. The molecule has 0 aromatic carbocycles. The lowest BCUT2D eigenvalue weighted by molar-refractivity contribution is -0.00722. The zero-order valence-corrected chi connectivity index (χ0v) is 16.4. The second kappa shape index (κ2) is 5.71. The molecular weight excluding hydrogens is 380 g/mol. The van der Waals surface area contributed by atoms with Gasteiger partial charge in [-0.05, 0) is 87.4 Å². The molecule has 0 amide bonds. The summed E-state index contributed by atoms with van der Waals surface area (Å²) in [5.74, 6) is 2.09. The number of H-pyrrole nitrogens is 1. The summed E-state index contributed by atoms with van der Waals surface area (Å²) in [7, 11) is 0. The third kappa shape index (κ3) is 2.41. The van der Waals surface area contributed by atoms with Crippen molar-refractivity contribution in [3.63, 3.8) is 0 Å². The van der Waals surface area contributed by atoms with Crippen LogP contribution in [0, 0.1) is 22.5 Å². The summed E-state index contributed by atoms with van der Waals surface area (Å²) in [5, 5.41) is 0.0176. The highest BCUT2D eigenvalue weighted by Crippen LogP contribution is 2.60. The Morgan fingerprint density at radius 1 is 1.14 bits per heavy atom. The first-order valence-corrected chi connectivity index (χ1v) is 10.8. The predicted octanol–water partition coefficient (Wildman–Crippen LogP) is 5.19. The van der Waals surface area contributed by atoms with Gasteiger partial charge in [0.1, 0.15) is 5.65 Å². The third-order valence-corrected chi connectivity index (χ3v) is 7.95. The number of hydrogen-bond acceptors (Lipinski definition) is 3. The van der Waals surface area contributed by atoms with E-state index in [0.29, 0.717) is 28.2 Å². The van der Waals surface area contributed by atoms with E-state index in [0.717, 1.165) is 37.8 Å². The summed E-state index contributed by atoms with van der Waals surface area (Å²) in [6.07, 6.45) is 6.19. The molecule has 0 unspecified atom stereocenters. The van der Waals surface area contributed by atoms with E-state index in [1.807, 2.05) is 4.57 Å². The molecule has 7 heteroatoms. The number of alkyl halides is 2. The average Bonchev–Trinajstić information content (AvgIpc) is 3.44. The number of fused-ring (bicyclic) bond motifs is 1. The molecule has 2 aromatic rings. The van der Waals surface area contributed by atoms with Crippen LogP contribution in [0.25, 0.3) is 11.0 Å². The molecule has 0 saturated heterocycles. The van der Waals surface area contributed by atoms with Gasteiger partial charge in [-0.3, -0.25) is 14.3 Å². The highest BCUT2D eigenvalue weighted by Gasteiger charge is 2.52. The molecular formula is C21H23F2N3OS. The van der Waals surface area contributed by atoms with Crippen LogP contribution in [-0.4, -0.2) is 14.5 Å². The normalized spacial score (nSPS) is 33.9. The Balaban J connectivity index is 1.63. The summed E-state index contributed by atoms with van der Waals surface area (Å²) in [4.78, 5) is 20.1. The second-order valence-corrected chi connectivity index (χ2v) is 10.0. The first-order chi connectivity index (χ1) is 13.4. The van der Waals surface area contributed by atoms with Crippen molar-refractivity contribution in [3.8, 4) is 0 Å². The van der Waals surface area contributed by atoms with Crippen LogP contribution >= 0.6 is 12.2 Å². The highest BCUT2D eigenvalue weighted by atomic mass is 32.1. The maximum atomic E-state index is 14.1. The van der Waals surface area contributed by atoms with Crippen LogP contribution < -0.4 is 5.56 Å². The van der Waals surface area contributed by atoms with Gasteiger partial charge in [0.25, 0.3) is 12.0 Å². The van der Waals surface area contributed by atoms with Crippen molar-refractivity contribution in [2.75, 3.05) is 0 Å². The van der Waals surface area contributed by atoms with Crippen molar-refractivity contribution in [1.29, 1.82) is 0 Å². The Bertz CT molecular complexity index is 1070. The Hall–Kier alpha value is -1.63. The summed E-state index contributed by atoms with van der Waals surface area (Å²) in [6.45, 7) is 0. The van der Waals surface area contributed by atoms with Crippen molar-refractivity contribution in [2.45, 2.75) is 69.2 Å². The fourth-order valence-corrected chi connectivity index (χ4v) is 7.14. The Morgan fingerprint density at radius 3 is 2.29 bits per heavy atom. The van der Waals surface area contributed by atoms with Gasteiger partial charge in [-0.15, -0.1) is 0 Å². The molecule has 5 fully saturated rings. The number of aromatic nitrogens is 3. The van der Waals surface area contributed by atoms with Crippen molar-refractivity contribution < 1.29 is 8.78 Å². The Kier molecular flexibility index (Phi) is 3.52. The lowest BCUT2D eigenvalue weighted by Gasteiger charge is -2.56. The summed E-state index contributed by atoms with van der Waals surface area (Å²) < 4.78 is 30.2. The fraction of sp³-hybridized carbons (Fsp3) is 0.667. The Labute approximate surface area is 166 Å². The molecule has 1 N–H and O–H groups in total. The summed E-state index contributed by atoms with van der Waals surface area (Å²) >= 11 is 5.38. The molecule has 2 aromatic heterocycles. The monoisotopic (exact) mass is 403 g/mol. The lowest BCUT2D eigenvalue weighted by atomic mass is 9.48. The summed E-state index contributed by atoms with van der Waals surface area (Å²) in [6, 6.07) is 1.71. The van der Waals surface area contributed by atoms with Gasteiger partial charge in [0.05, 0.1) is 5.39 Å². The van der Waals surface area contributed by atoms with Gasteiger partial charge in [-0.2, -0.15) is 0 Å². The minimum Gasteiger partial charge on any atom is -0.299 e. The minimum atomic E-state index is -2.71. The van der Waals surface area contributed by atoms with Gasteiger partial charge in [-0.25, -0.2) is 13.8 Å². The molecule has 2 heterocycles. The van der Waals surface area contributed by atoms with Crippen molar-refractivity contribution >= 4 is 23.3 Å². The van der Waals surface area contributed by atoms with E-state index < -0.39 is 12.0 Å². The van der Waals surface area contributed by atoms with Gasteiger partial charge in [0.2, 0.25) is 0 Å². The summed E-state index contributed by atoms with van der Waals surface area (Å²) in [5.41, 5.74) is 0.333. The SMILES string of the molecule is O=c1[nH]c(=S)n(C2CC2)c2nc(C34CC5CC(CC(C5)C3)C4)cc(C(F)F)c12. The molecule has 0 radical (unpaired) electrons. The van der Waals surface area contributed by atoms with Gasteiger partial charge in [0.15, 0.2) is 4.77 Å². The van der Waals surface area contributed by atoms with E-state index in [4.69, 9.17) is 17.2 Å². The van der Waals surface area contributed by atoms with Crippen LogP contribution in [-0.2, 0) is 5.41 Å². The van der Waals surface area contributed by atoms with Gasteiger partial charge in [0, 0.05) is 22.7 Å². The molecule has 7 rings (SSSR count). The number of aromatic amines is 1. The van der Waals surface area contributed by atoms with Crippen LogP contribution in [0.1, 0.15) is 75.1 Å². The molecule has 5 aliphatic carbocycles. The predicted molar refractivity (Wildman–Crippen MR) is 104 cm³/mol. The standard InChI is InChI=1S/C21H23F2N3OS/c22-17(23)14-6-15(21-7-10-3-11(8-21)5-12(4-10)9-21)24-18-16(14)19(27)25-20(28)26(18)13-1-2-13/h6,10-13,17H,1-5,7-9H2,(H,25,27,28). The molecule has 148 valence electrons. The van der Waals surface area contributed by atoms with Crippen LogP contribution in [0.4, 0.5) is 8.78 Å². The number of nitrogens with one attached hydrogen (secondary N) is 1. The molecule has 0 aliphatic heterocycles. The number of hydrogen-bond donors (Lipinski definition) is 1. The molecule has 5 aliphatic rings. The average molecular weight is 403 g/mol. The van der Waals surface area contributed by atoms with E-state index in [9.17, 15) is 13.6 Å². The highest BCUT2D eigenvalue weighted by molar-refractivity contribution is 7.71. The topological polar surface area (TPSA) is 50.7 Å². The number of pyridine rings is 1. The van der Waals surface area contributed by atoms with Gasteiger partial charge >= 0.3 is 0 Å². The maximum Gasteiger partial charge on any atom is 0.264 e. The zero-order chi connectivity index (χ0) is 19.2. The second-order valence-electron chi connectivity index (χ2n) is 9.65. The van der Waals surface area contributed by atoms with E-state index >= 15 is 0 Å². The number of rotatable bonds is 3. The van der Waals surface area contributed by atoms with Crippen molar-refractivity contribution in [3.05, 3.63) is 32.4 Å². The smallest absolute Gasteiger partial charge is 0.264 e. The first kappa shape index (κ1) is 17.2. The third-order valence-electron chi connectivity index (χ3n) is 7.65. The van der Waals surface area contributed by atoms with Gasteiger partial charge in [-0.1, -0.05) is 0 Å². The molecule has 4 bridgehead atoms.